The van der Waals surface area contributed by atoms with E-state index >= 15 is 0 Å². The summed E-state index contributed by atoms with van der Waals surface area (Å²) in [5, 5.41) is 23.8. The third-order valence-corrected chi connectivity index (χ3v) is 2.94. The van der Waals surface area contributed by atoms with Gasteiger partial charge >= 0.3 is 0 Å². The number of H-pyrrole nitrogens is 1. The van der Waals surface area contributed by atoms with Gasteiger partial charge in [-0.3, -0.25) is 4.79 Å². The fraction of sp³-hybridized carbons (Fsp3) is 0.357. The average Bonchev–Trinajstić information content (AvgIpc) is 2.36. The highest BCUT2D eigenvalue weighted by atomic mass is 16.3. The summed E-state index contributed by atoms with van der Waals surface area (Å²) in [6, 6.07) is 6.53. The van der Waals surface area contributed by atoms with Gasteiger partial charge in [0.1, 0.15) is 5.75 Å². The van der Waals surface area contributed by atoms with E-state index in [4.69, 9.17) is 0 Å². The number of pyridine rings is 1. The van der Waals surface area contributed by atoms with E-state index in [1.165, 1.54) is 12.1 Å². The van der Waals surface area contributed by atoms with Crippen LogP contribution in [-0.4, -0.2) is 27.8 Å². The Balaban J connectivity index is 2.35. The molecule has 5 nitrogen and oxygen atoms in total. The van der Waals surface area contributed by atoms with Crippen LogP contribution in [-0.2, 0) is 0 Å². The Morgan fingerprint density at radius 1 is 1.32 bits per heavy atom. The number of hydrogen-bond donors (Lipinski definition) is 4. The molecule has 0 saturated heterocycles. The highest BCUT2D eigenvalue weighted by molar-refractivity contribution is 5.84. The van der Waals surface area contributed by atoms with Crippen LogP contribution in [0.25, 0.3) is 10.9 Å². The minimum atomic E-state index is -0.704. The molecule has 1 heterocycles. The van der Waals surface area contributed by atoms with Gasteiger partial charge in [0.15, 0.2) is 0 Å². The van der Waals surface area contributed by atoms with Gasteiger partial charge in [0.25, 0.3) is 0 Å². The Labute approximate surface area is 110 Å². The van der Waals surface area contributed by atoms with Crippen molar-refractivity contribution in [1.29, 1.82) is 0 Å². The largest absolute Gasteiger partial charge is 0.506 e. The third-order valence-electron chi connectivity index (χ3n) is 2.94. The monoisotopic (exact) mass is 262 g/mol. The predicted molar refractivity (Wildman–Crippen MR) is 74.3 cm³/mol. The van der Waals surface area contributed by atoms with Crippen molar-refractivity contribution in [3.63, 3.8) is 0 Å². The summed E-state index contributed by atoms with van der Waals surface area (Å²) in [4.78, 5) is 13.8. The molecule has 1 atom stereocenters. The molecule has 1 aromatic carbocycles. The molecule has 2 rings (SSSR count). The molecule has 102 valence electrons. The molecule has 0 radical (unpaired) electrons. The standard InChI is InChI=1S/C14H18N2O3/c1-8(2)15-7-12(18)10-5-9-3-4-13(19)16-14(9)11(17)6-10/h3-6,8,12,15,17-18H,7H2,1-2H3,(H,16,19). The summed E-state index contributed by atoms with van der Waals surface area (Å²) < 4.78 is 0. The lowest BCUT2D eigenvalue weighted by atomic mass is 10.0. The van der Waals surface area contributed by atoms with Gasteiger partial charge in [-0.2, -0.15) is 0 Å². The summed E-state index contributed by atoms with van der Waals surface area (Å²) in [7, 11) is 0. The number of hydrogen-bond acceptors (Lipinski definition) is 4. The Hall–Kier alpha value is -1.85. The summed E-state index contributed by atoms with van der Waals surface area (Å²) in [6.45, 7) is 4.40. The second-order valence-corrected chi connectivity index (χ2v) is 4.91. The fourth-order valence-corrected chi connectivity index (χ4v) is 1.93. The first kappa shape index (κ1) is 13.6. The minimum Gasteiger partial charge on any atom is -0.506 e. The van der Waals surface area contributed by atoms with E-state index in [1.807, 2.05) is 13.8 Å². The minimum absolute atomic E-state index is 0.0335. The topological polar surface area (TPSA) is 85.3 Å². The van der Waals surface area contributed by atoms with Crippen LogP contribution in [0.3, 0.4) is 0 Å². The second-order valence-electron chi connectivity index (χ2n) is 4.91. The van der Waals surface area contributed by atoms with Crippen molar-refractivity contribution >= 4 is 10.9 Å². The number of aromatic amines is 1. The van der Waals surface area contributed by atoms with Crippen molar-refractivity contribution in [2.24, 2.45) is 0 Å². The zero-order valence-corrected chi connectivity index (χ0v) is 11.0. The number of aliphatic hydroxyl groups excluding tert-OH is 1. The Morgan fingerprint density at radius 2 is 2.05 bits per heavy atom. The molecule has 1 aromatic heterocycles. The van der Waals surface area contributed by atoms with Gasteiger partial charge in [-0.15, -0.1) is 0 Å². The van der Waals surface area contributed by atoms with Crippen LogP contribution in [0.1, 0.15) is 25.5 Å². The molecule has 0 spiro atoms. The van der Waals surface area contributed by atoms with E-state index in [0.29, 0.717) is 23.0 Å². The van der Waals surface area contributed by atoms with Crippen LogP contribution >= 0.6 is 0 Å². The molecule has 0 aliphatic heterocycles. The first-order valence-electron chi connectivity index (χ1n) is 6.25. The van der Waals surface area contributed by atoms with Crippen molar-refractivity contribution in [2.75, 3.05) is 6.54 Å². The Bertz CT molecular complexity index is 634. The fourth-order valence-electron chi connectivity index (χ4n) is 1.93. The molecule has 1 unspecified atom stereocenters. The van der Waals surface area contributed by atoms with E-state index in [1.54, 1.807) is 12.1 Å². The lowest BCUT2D eigenvalue weighted by Crippen LogP contribution is -2.27. The molecule has 5 heteroatoms. The van der Waals surface area contributed by atoms with E-state index in [9.17, 15) is 15.0 Å². The highest BCUT2D eigenvalue weighted by Crippen LogP contribution is 2.26. The molecule has 0 aliphatic rings. The Kier molecular flexibility index (Phi) is 3.87. The lowest BCUT2D eigenvalue weighted by molar-refractivity contribution is 0.171. The van der Waals surface area contributed by atoms with Gasteiger partial charge in [0, 0.05) is 24.0 Å². The van der Waals surface area contributed by atoms with E-state index in [-0.39, 0.29) is 17.4 Å². The molecule has 2 aromatic rings. The quantitative estimate of drug-likeness (QED) is 0.668. The predicted octanol–water partition coefficient (Wildman–Crippen LogP) is 1.27. The summed E-state index contributed by atoms with van der Waals surface area (Å²) in [6.07, 6.45) is -0.704. The number of aromatic hydroxyl groups is 1. The zero-order valence-electron chi connectivity index (χ0n) is 11.0. The van der Waals surface area contributed by atoms with Gasteiger partial charge in [-0.1, -0.05) is 13.8 Å². The van der Waals surface area contributed by atoms with Crippen LogP contribution in [0.15, 0.2) is 29.1 Å². The summed E-state index contributed by atoms with van der Waals surface area (Å²) >= 11 is 0. The van der Waals surface area contributed by atoms with Gasteiger partial charge in [0.05, 0.1) is 11.6 Å². The molecule has 4 N–H and O–H groups in total. The molecule has 0 bridgehead atoms. The number of phenols is 1. The molecular formula is C14H18N2O3. The number of fused-ring (bicyclic) bond motifs is 1. The molecule has 0 saturated carbocycles. The Morgan fingerprint density at radius 3 is 2.74 bits per heavy atom. The summed E-state index contributed by atoms with van der Waals surface area (Å²) in [5.41, 5.74) is 0.739. The zero-order chi connectivity index (χ0) is 14.0. The first-order valence-corrected chi connectivity index (χ1v) is 6.25. The van der Waals surface area contributed by atoms with Crippen LogP contribution in [0.5, 0.6) is 5.75 Å². The van der Waals surface area contributed by atoms with Gasteiger partial charge in [0.2, 0.25) is 5.56 Å². The summed E-state index contributed by atoms with van der Waals surface area (Å²) in [5.74, 6) is -0.0335. The van der Waals surface area contributed by atoms with Gasteiger partial charge < -0.3 is 20.5 Å². The van der Waals surface area contributed by atoms with Crippen molar-refractivity contribution in [2.45, 2.75) is 26.0 Å². The van der Waals surface area contributed by atoms with Crippen molar-refractivity contribution in [3.05, 3.63) is 40.2 Å². The molecule has 19 heavy (non-hydrogen) atoms. The molecular weight excluding hydrogens is 244 g/mol. The number of aromatic nitrogens is 1. The van der Waals surface area contributed by atoms with Crippen LogP contribution in [0.4, 0.5) is 0 Å². The number of rotatable bonds is 4. The van der Waals surface area contributed by atoms with Crippen LogP contribution in [0, 0.1) is 0 Å². The number of benzene rings is 1. The second kappa shape index (κ2) is 5.42. The van der Waals surface area contributed by atoms with E-state index in [2.05, 4.69) is 10.3 Å². The van der Waals surface area contributed by atoms with Gasteiger partial charge in [-0.05, 0) is 23.8 Å². The smallest absolute Gasteiger partial charge is 0.248 e. The number of nitrogens with one attached hydrogen (secondary N) is 2. The van der Waals surface area contributed by atoms with E-state index in [0.717, 1.165) is 0 Å². The number of aliphatic hydroxyl groups is 1. The maximum Gasteiger partial charge on any atom is 0.248 e. The average molecular weight is 262 g/mol. The molecule has 0 amide bonds. The highest BCUT2D eigenvalue weighted by Gasteiger charge is 2.11. The third kappa shape index (κ3) is 3.13. The van der Waals surface area contributed by atoms with Crippen LogP contribution < -0.4 is 10.9 Å². The molecule has 0 aliphatic carbocycles. The van der Waals surface area contributed by atoms with Crippen LogP contribution in [0.2, 0.25) is 0 Å². The first-order chi connectivity index (χ1) is 8.97. The number of phenolic OH excluding ortho intramolecular Hbond substituents is 1. The van der Waals surface area contributed by atoms with Crippen molar-refractivity contribution in [1.82, 2.24) is 10.3 Å². The maximum atomic E-state index is 11.2. The molecule has 0 fully saturated rings. The van der Waals surface area contributed by atoms with E-state index < -0.39 is 6.10 Å². The lowest BCUT2D eigenvalue weighted by Gasteiger charge is -2.15. The maximum absolute atomic E-state index is 11.2. The SMILES string of the molecule is CC(C)NCC(O)c1cc(O)c2[nH]c(=O)ccc2c1. The van der Waals surface area contributed by atoms with Gasteiger partial charge in [-0.25, -0.2) is 0 Å². The van der Waals surface area contributed by atoms with Crippen molar-refractivity contribution < 1.29 is 10.2 Å². The normalized spacial score (nSPS) is 13.1. The van der Waals surface area contributed by atoms with Crippen molar-refractivity contribution in [3.8, 4) is 5.75 Å².